The maximum atomic E-state index is 11.7. The summed E-state index contributed by atoms with van der Waals surface area (Å²) in [7, 11) is -0.934. The van der Waals surface area contributed by atoms with Gasteiger partial charge in [-0.1, -0.05) is 29.8 Å². The van der Waals surface area contributed by atoms with Gasteiger partial charge in [-0.3, -0.25) is 4.21 Å². The van der Waals surface area contributed by atoms with Gasteiger partial charge in [-0.15, -0.1) is 0 Å². The number of Topliss-reactive ketones (excluding diaryl/α,β-unsaturated/α-hetero) is 1. The molecular weight excluding hydrogens is 244 g/mol. The molecule has 1 aromatic carbocycles. The van der Waals surface area contributed by atoms with Crippen molar-refractivity contribution in [1.82, 2.24) is 0 Å². The van der Waals surface area contributed by atoms with Crippen LogP contribution in [0.4, 0.5) is 0 Å². The number of benzene rings is 1. The molecule has 0 amide bonds. The number of carbonyl (C=O) groups is 1. The third kappa shape index (κ3) is 4.90. The van der Waals surface area contributed by atoms with Gasteiger partial charge in [0, 0.05) is 33.7 Å². The minimum absolute atomic E-state index is 0.148. The zero-order valence-electron chi connectivity index (χ0n) is 9.24. The molecule has 0 saturated heterocycles. The first-order valence-electron chi connectivity index (χ1n) is 5.17. The van der Waals surface area contributed by atoms with Crippen molar-refractivity contribution < 1.29 is 9.00 Å². The standard InChI is InChI=1S/C12H15ClO2S/c1-10(14)5-4-8-16(15)9-11-6-2-3-7-12(11)13/h2-3,6-7H,4-5,8-9H2,1H3. The molecule has 1 unspecified atom stereocenters. The maximum Gasteiger partial charge on any atom is 0.129 e. The van der Waals surface area contributed by atoms with Gasteiger partial charge < -0.3 is 4.79 Å². The summed E-state index contributed by atoms with van der Waals surface area (Å²) in [5, 5.41) is 0.655. The van der Waals surface area contributed by atoms with Crippen LogP contribution in [0.2, 0.25) is 5.02 Å². The van der Waals surface area contributed by atoms with Gasteiger partial charge in [0.05, 0.1) is 0 Å². The Morgan fingerprint density at radius 3 is 2.69 bits per heavy atom. The molecular formula is C12H15ClO2S. The second-order valence-corrected chi connectivity index (χ2v) is 5.67. The minimum Gasteiger partial charge on any atom is -0.300 e. The fourth-order valence-corrected chi connectivity index (χ4v) is 2.83. The molecule has 4 heteroatoms. The second-order valence-electron chi connectivity index (χ2n) is 3.69. The van der Waals surface area contributed by atoms with E-state index in [0.29, 0.717) is 29.4 Å². The molecule has 0 heterocycles. The van der Waals surface area contributed by atoms with Crippen LogP contribution in [0, 0.1) is 0 Å². The summed E-state index contributed by atoms with van der Waals surface area (Å²) in [6.07, 6.45) is 1.20. The summed E-state index contributed by atoms with van der Waals surface area (Å²) in [4.78, 5) is 10.7. The SMILES string of the molecule is CC(=O)CCCS(=O)Cc1ccccc1Cl. The van der Waals surface area contributed by atoms with Crippen LogP contribution >= 0.6 is 11.6 Å². The molecule has 0 aliphatic carbocycles. The van der Waals surface area contributed by atoms with Gasteiger partial charge in [0.1, 0.15) is 5.78 Å². The quantitative estimate of drug-likeness (QED) is 0.786. The maximum absolute atomic E-state index is 11.7. The third-order valence-corrected chi connectivity index (χ3v) is 3.92. The van der Waals surface area contributed by atoms with E-state index in [1.54, 1.807) is 13.0 Å². The topological polar surface area (TPSA) is 34.1 Å². The highest BCUT2D eigenvalue weighted by Crippen LogP contribution is 2.16. The Labute approximate surface area is 103 Å². The molecule has 16 heavy (non-hydrogen) atoms. The first-order chi connectivity index (χ1) is 7.59. The van der Waals surface area contributed by atoms with Gasteiger partial charge in [0.25, 0.3) is 0 Å². The smallest absolute Gasteiger partial charge is 0.129 e. The summed E-state index contributed by atoms with van der Waals surface area (Å²) in [5.74, 6) is 1.18. The summed E-state index contributed by atoms with van der Waals surface area (Å²) in [6, 6.07) is 7.41. The highest BCUT2D eigenvalue weighted by molar-refractivity contribution is 7.84. The van der Waals surface area contributed by atoms with Crippen LogP contribution in [0.5, 0.6) is 0 Å². The Balaban J connectivity index is 2.40. The average Bonchev–Trinajstić information content (AvgIpc) is 2.21. The Kier molecular flexibility index (Phi) is 5.71. The third-order valence-electron chi connectivity index (χ3n) is 2.18. The lowest BCUT2D eigenvalue weighted by Gasteiger charge is -2.03. The molecule has 0 aliphatic rings. The Morgan fingerprint density at radius 1 is 1.38 bits per heavy atom. The molecule has 0 aromatic heterocycles. The molecule has 88 valence electrons. The number of carbonyl (C=O) groups excluding carboxylic acids is 1. The van der Waals surface area contributed by atoms with Gasteiger partial charge >= 0.3 is 0 Å². The largest absolute Gasteiger partial charge is 0.300 e. The number of rotatable bonds is 6. The van der Waals surface area contributed by atoms with Crippen molar-refractivity contribution in [2.24, 2.45) is 0 Å². The zero-order chi connectivity index (χ0) is 12.0. The average molecular weight is 259 g/mol. The predicted molar refractivity (Wildman–Crippen MR) is 68.1 cm³/mol. The zero-order valence-corrected chi connectivity index (χ0v) is 10.8. The van der Waals surface area contributed by atoms with Crippen molar-refractivity contribution in [3.05, 3.63) is 34.9 Å². The van der Waals surface area contributed by atoms with Crippen molar-refractivity contribution in [1.29, 1.82) is 0 Å². The van der Waals surface area contributed by atoms with Crippen molar-refractivity contribution in [2.45, 2.75) is 25.5 Å². The number of ketones is 1. The molecule has 0 N–H and O–H groups in total. The summed E-state index contributed by atoms with van der Waals surface area (Å²) >= 11 is 5.96. The van der Waals surface area contributed by atoms with Crippen LogP contribution in [0.15, 0.2) is 24.3 Å². The second kappa shape index (κ2) is 6.81. The molecule has 0 aliphatic heterocycles. The van der Waals surface area contributed by atoms with E-state index in [1.807, 2.05) is 18.2 Å². The van der Waals surface area contributed by atoms with Crippen LogP contribution in [0.1, 0.15) is 25.3 Å². The van der Waals surface area contributed by atoms with E-state index in [4.69, 9.17) is 11.6 Å². The Hall–Kier alpha value is -0.670. The van der Waals surface area contributed by atoms with Gasteiger partial charge in [0.15, 0.2) is 0 Å². The highest BCUT2D eigenvalue weighted by atomic mass is 35.5. The van der Waals surface area contributed by atoms with E-state index >= 15 is 0 Å². The molecule has 0 radical (unpaired) electrons. The Morgan fingerprint density at radius 2 is 2.06 bits per heavy atom. The highest BCUT2D eigenvalue weighted by Gasteiger charge is 2.05. The first kappa shape index (κ1) is 13.4. The lowest BCUT2D eigenvalue weighted by atomic mass is 10.2. The fourth-order valence-electron chi connectivity index (χ4n) is 1.34. The monoisotopic (exact) mass is 258 g/mol. The number of hydrogen-bond donors (Lipinski definition) is 0. The van der Waals surface area contributed by atoms with E-state index in [-0.39, 0.29) is 5.78 Å². The molecule has 1 atom stereocenters. The number of hydrogen-bond acceptors (Lipinski definition) is 2. The van der Waals surface area contributed by atoms with Gasteiger partial charge in [0.2, 0.25) is 0 Å². The lowest BCUT2D eigenvalue weighted by molar-refractivity contribution is -0.117. The molecule has 2 nitrogen and oxygen atoms in total. The van der Waals surface area contributed by atoms with Gasteiger partial charge in [-0.2, -0.15) is 0 Å². The summed E-state index contributed by atoms with van der Waals surface area (Å²) in [6.45, 7) is 1.55. The fraction of sp³-hybridized carbons (Fsp3) is 0.417. The molecule has 0 saturated carbocycles. The van der Waals surface area contributed by atoms with Crippen molar-refractivity contribution in [3.8, 4) is 0 Å². The van der Waals surface area contributed by atoms with Crippen LogP contribution in [0.3, 0.4) is 0 Å². The van der Waals surface area contributed by atoms with E-state index in [9.17, 15) is 9.00 Å². The molecule has 0 spiro atoms. The number of halogens is 1. The van der Waals surface area contributed by atoms with Crippen LogP contribution in [0.25, 0.3) is 0 Å². The van der Waals surface area contributed by atoms with E-state index in [0.717, 1.165) is 5.56 Å². The van der Waals surface area contributed by atoms with Crippen molar-refractivity contribution in [3.63, 3.8) is 0 Å². The molecule has 1 rings (SSSR count). The summed E-state index contributed by atoms with van der Waals surface area (Å²) < 4.78 is 11.7. The Bertz CT molecular complexity index is 390. The molecule has 1 aromatic rings. The van der Waals surface area contributed by atoms with E-state index in [1.165, 1.54) is 0 Å². The van der Waals surface area contributed by atoms with Crippen molar-refractivity contribution in [2.75, 3.05) is 5.75 Å². The predicted octanol–water partition coefficient (Wildman–Crippen LogP) is 2.96. The first-order valence-corrected chi connectivity index (χ1v) is 7.04. The van der Waals surface area contributed by atoms with Crippen LogP contribution in [-0.2, 0) is 21.3 Å². The van der Waals surface area contributed by atoms with E-state index in [2.05, 4.69) is 0 Å². The van der Waals surface area contributed by atoms with Crippen molar-refractivity contribution >= 4 is 28.2 Å². The van der Waals surface area contributed by atoms with Crippen LogP contribution < -0.4 is 0 Å². The summed E-state index contributed by atoms with van der Waals surface area (Å²) in [5.41, 5.74) is 0.908. The minimum atomic E-state index is -0.934. The van der Waals surface area contributed by atoms with Gasteiger partial charge in [-0.25, -0.2) is 0 Å². The van der Waals surface area contributed by atoms with Gasteiger partial charge in [-0.05, 0) is 25.0 Å². The lowest BCUT2D eigenvalue weighted by Crippen LogP contribution is -2.03. The molecule has 0 fully saturated rings. The molecule has 0 bridgehead atoms. The normalized spacial score (nSPS) is 12.4. The van der Waals surface area contributed by atoms with Crippen LogP contribution in [-0.4, -0.2) is 15.7 Å². The van der Waals surface area contributed by atoms with E-state index < -0.39 is 10.8 Å².